The van der Waals surface area contributed by atoms with Crippen molar-refractivity contribution < 1.29 is 14.3 Å². The Hall–Kier alpha value is -1.07. The van der Waals surface area contributed by atoms with Crippen LogP contribution in [0.3, 0.4) is 0 Å². The average molecular weight is 313 g/mol. The maximum absolute atomic E-state index is 13.8. The second kappa shape index (κ2) is 8.39. The van der Waals surface area contributed by atoms with Gasteiger partial charge in [-0.2, -0.15) is 0 Å². The molecule has 0 aromatic heterocycles. The Kier molecular flexibility index (Phi) is 7.18. The number of halogens is 1. The van der Waals surface area contributed by atoms with E-state index in [9.17, 15) is 14.3 Å². The molecule has 0 saturated carbocycles. The maximum atomic E-state index is 13.8. The minimum Gasteiger partial charge on any atom is -0.481 e. The highest BCUT2D eigenvalue weighted by Gasteiger charge is 2.20. The van der Waals surface area contributed by atoms with Gasteiger partial charge in [0, 0.05) is 17.5 Å². The molecule has 21 heavy (non-hydrogen) atoms. The summed E-state index contributed by atoms with van der Waals surface area (Å²) in [5, 5.41) is 12.4. The molecule has 0 radical (unpaired) electrons. The van der Waals surface area contributed by atoms with Crippen molar-refractivity contribution in [1.82, 2.24) is 5.32 Å². The molecule has 2 unspecified atom stereocenters. The van der Waals surface area contributed by atoms with Gasteiger partial charge in [-0.15, -0.1) is 11.8 Å². The Morgan fingerprint density at radius 3 is 2.52 bits per heavy atom. The Morgan fingerprint density at radius 1 is 1.38 bits per heavy atom. The first-order valence-electron chi connectivity index (χ1n) is 7.14. The lowest BCUT2D eigenvalue weighted by Crippen LogP contribution is -2.31. The van der Waals surface area contributed by atoms with E-state index in [1.807, 2.05) is 33.1 Å². The molecule has 0 fully saturated rings. The highest BCUT2D eigenvalue weighted by molar-refractivity contribution is 7.98. The minimum absolute atomic E-state index is 0.0792. The van der Waals surface area contributed by atoms with Crippen molar-refractivity contribution in [2.24, 2.45) is 11.8 Å². The number of carboxylic acid groups (broad SMARTS) is 1. The van der Waals surface area contributed by atoms with Crippen LogP contribution in [0.4, 0.5) is 4.39 Å². The van der Waals surface area contributed by atoms with Crippen LogP contribution in [0.25, 0.3) is 0 Å². The standard InChI is InChI=1S/C16H24FNO2S/c1-10(2)7-13(16(19)20)9-18-11(3)12-5-6-15(21-4)14(17)8-12/h5-6,8,10-11,13,18H,7,9H2,1-4H3,(H,19,20). The number of carboxylic acids is 1. The van der Waals surface area contributed by atoms with Crippen molar-refractivity contribution >= 4 is 17.7 Å². The largest absolute Gasteiger partial charge is 0.481 e. The number of nitrogens with one attached hydrogen (secondary N) is 1. The van der Waals surface area contributed by atoms with Crippen molar-refractivity contribution in [1.29, 1.82) is 0 Å². The maximum Gasteiger partial charge on any atom is 0.307 e. The SMILES string of the molecule is CSc1ccc(C(C)NCC(CC(C)C)C(=O)O)cc1F. The molecule has 0 spiro atoms. The Balaban J connectivity index is 2.65. The van der Waals surface area contributed by atoms with Crippen molar-refractivity contribution in [2.45, 2.75) is 38.1 Å². The molecule has 3 nitrogen and oxygen atoms in total. The van der Waals surface area contributed by atoms with E-state index < -0.39 is 11.9 Å². The first-order valence-corrected chi connectivity index (χ1v) is 8.37. The number of rotatable bonds is 8. The molecule has 2 N–H and O–H groups in total. The molecule has 1 aromatic rings. The van der Waals surface area contributed by atoms with E-state index in [0.717, 1.165) is 5.56 Å². The summed E-state index contributed by atoms with van der Waals surface area (Å²) in [6, 6.07) is 5.08. The summed E-state index contributed by atoms with van der Waals surface area (Å²) in [6.07, 6.45) is 2.47. The molecule has 1 aromatic carbocycles. The molecule has 0 saturated heterocycles. The van der Waals surface area contributed by atoms with Crippen molar-refractivity contribution in [3.63, 3.8) is 0 Å². The fourth-order valence-corrected chi connectivity index (χ4v) is 2.69. The summed E-state index contributed by atoms with van der Waals surface area (Å²) in [5.41, 5.74) is 0.832. The second-order valence-electron chi connectivity index (χ2n) is 5.69. The second-order valence-corrected chi connectivity index (χ2v) is 6.54. The van der Waals surface area contributed by atoms with Gasteiger partial charge in [-0.1, -0.05) is 19.9 Å². The van der Waals surface area contributed by atoms with E-state index in [1.165, 1.54) is 17.8 Å². The molecule has 0 amide bonds. The average Bonchev–Trinajstić information content (AvgIpc) is 2.42. The van der Waals surface area contributed by atoms with E-state index in [-0.39, 0.29) is 11.9 Å². The number of carbonyl (C=O) groups is 1. The normalized spacial score (nSPS) is 14.2. The number of benzene rings is 1. The summed E-state index contributed by atoms with van der Waals surface area (Å²) >= 11 is 1.37. The monoisotopic (exact) mass is 313 g/mol. The third-order valence-corrected chi connectivity index (χ3v) is 4.22. The summed E-state index contributed by atoms with van der Waals surface area (Å²) in [5.74, 6) is -1.10. The summed E-state index contributed by atoms with van der Waals surface area (Å²) in [6.45, 7) is 6.33. The van der Waals surface area contributed by atoms with Crippen LogP contribution in [0.15, 0.2) is 23.1 Å². The lowest BCUT2D eigenvalue weighted by Gasteiger charge is -2.20. The molecular formula is C16H24FNO2S. The zero-order valence-electron chi connectivity index (χ0n) is 13.0. The summed E-state index contributed by atoms with van der Waals surface area (Å²) in [4.78, 5) is 11.8. The van der Waals surface area contributed by atoms with Crippen LogP contribution in [0.5, 0.6) is 0 Å². The molecule has 0 heterocycles. The van der Waals surface area contributed by atoms with E-state index in [0.29, 0.717) is 23.8 Å². The lowest BCUT2D eigenvalue weighted by atomic mass is 9.96. The van der Waals surface area contributed by atoms with Gasteiger partial charge in [-0.3, -0.25) is 4.79 Å². The summed E-state index contributed by atoms with van der Waals surface area (Å²) in [7, 11) is 0. The Bertz CT molecular complexity index is 479. The summed E-state index contributed by atoms with van der Waals surface area (Å²) < 4.78 is 13.8. The van der Waals surface area contributed by atoms with E-state index in [1.54, 1.807) is 6.07 Å². The van der Waals surface area contributed by atoms with E-state index in [4.69, 9.17) is 0 Å². The fraction of sp³-hybridized carbons (Fsp3) is 0.562. The molecule has 0 aliphatic carbocycles. The van der Waals surface area contributed by atoms with E-state index in [2.05, 4.69) is 5.32 Å². The van der Waals surface area contributed by atoms with Crippen LogP contribution >= 0.6 is 11.8 Å². The molecule has 1 rings (SSSR count). The highest BCUT2D eigenvalue weighted by atomic mass is 32.2. The van der Waals surface area contributed by atoms with Gasteiger partial charge in [-0.05, 0) is 43.2 Å². The zero-order chi connectivity index (χ0) is 16.0. The first kappa shape index (κ1) is 18.0. The van der Waals surface area contributed by atoms with Crippen LogP contribution in [0.1, 0.15) is 38.8 Å². The zero-order valence-corrected chi connectivity index (χ0v) is 13.8. The van der Waals surface area contributed by atoms with Crippen LogP contribution in [-0.4, -0.2) is 23.9 Å². The highest BCUT2D eigenvalue weighted by Crippen LogP contribution is 2.23. The van der Waals surface area contributed by atoms with Crippen LogP contribution in [-0.2, 0) is 4.79 Å². The van der Waals surface area contributed by atoms with Gasteiger partial charge in [0.2, 0.25) is 0 Å². The molecule has 0 aliphatic rings. The van der Waals surface area contributed by atoms with Gasteiger partial charge in [0.1, 0.15) is 5.82 Å². The van der Waals surface area contributed by atoms with Gasteiger partial charge in [0.15, 0.2) is 0 Å². The predicted molar refractivity (Wildman–Crippen MR) is 85.2 cm³/mol. The van der Waals surface area contributed by atoms with Gasteiger partial charge in [0.05, 0.1) is 5.92 Å². The quantitative estimate of drug-likeness (QED) is 0.714. The Morgan fingerprint density at radius 2 is 2.05 bits per heavy atom. The number of thioether (sulfide) groups is 1. The lowest BCUT2D eigenvalue weighted by molar-refractivity contribution is -0.142. The molecule has 2 atom stereocenters. The van der Waals surface area contributed by atoms with Gasteiger partial charge in [0.25, 0.3) is 0 Å². The van der Waals surface area contributed by atoms with Crippen LogP contribution in [0, 0.1) is 17.7 Å². The van der Waals surface area contributed by atoms with E-state index >= 15 is 0 Å². The fourth-order valence-electron chi connectivity index (χ4n) is 2.23. The Labute approximate surface area is 130 Å². The molecule has 0 bridgehead atoms. The van der Waals surface area contributed by atoms with Crippen LogP contribution in [0.2, 0.25) is 0 Å². The molecule has 118 valence electrons. The predicted octanol–water partition coefficient (Wildman–Crippen LogP) is 3.95. The smallest absolute Gasteiger partial charge is 0.307 e. The van der Waals surface area contributed by atoms with Crippen LogP contribution < -0.4 is 5.32 Å². The van der Waals surface area contributed by atoms with Crippen molar-refractivity contribution in [2.75, 3.05) is 12.8 Å². The van der Waals surface area contributed by atoms with Crippen molar-refractivity contribution in [3.05, 3.63) is 29.6 Å². The van der Waals surface area contributed by atoms with Crippen molar-refractivity contribution in [3.8, 4) is 0 Å². The van der Waals surface area contributed by atoms with Gasteiger partial charge in [-0.25, -0.2) is 4.39 Å². The first-order chi connectivity index (χ1) is 9.85. The molecule has 0 aliphatic heterocycles. The van der Waals surface area contributed by atoms with Gasteiger partial charge < -0.3 is 10.4 Å². The number of hydrogen-bond donors (Lipinski definition) is 2. The molecular weight excluding hydrogens is 289 g/mol. The molecule has 5 heteroatoms. The third-order valence-electron chi connectivity index (χ3n) is 3.45. The minimum atomic E-state index is -0.785. The van der Waals surface area contributed by atoms with Gasteiger partial charge >= 0.3 is 5.97 Å². The number of aliphatic carboxylic acids is 1. The number of hydrogen-bond acceptors (Lipinski definition) is 3. The third kappa shape index (κ3) is 5.67. The topological polar surface area (TPSA) is 49.3 Å².